The van der Waals surface area contributed by atoms with Gasteiger partial charge in [-0.2, -0.15) is 0 Å². The van der Waals surface area contributed by atoms with E-state index in [1.807, 2.05) is 0 Å². The molecule has 1 heterocycles. The molecule has 0 aliphatic carbocycles. The van der Waals surface area contributed by atoms with Gasteiger partial charge < -0.3 is 14.6 Å². The SMILES string of the molecule is COc1ccc2c(c1)C(O)CC(c1cccc(Cl)c1F)O2. The molecular weight excluding hydrogens is 295 g/mol. The summed E-state index contributed by atoms with van der Waals surface area (Å²) in [4.78, 5) is 0. The van der Waals surface area contributed by atoms with E-state index in [0.29, 0.717) is 22.6 Å². The molecule has 0 bridgehead atoms. The minimum atomic E-state index is -0.743. The average Bonchev–Trinajstić information content (AvgIpc) is 2.49. The van der Waals surface area contributed by atoms with Crippen molar-refractivity contribution in [1.29, 1.82) is 0 Å². The summed E-state index contributed by atoms with van der Waals surface area (Å²) in [5.74, 6) is 0.663. The number of methoxy groups -OCH3 is 1. The largest absolute Gasteiger partial charge is 0.497 e. The van der Waals surface area contributed by atoms with Gasteiger partial charge in [-0.25, -0.2) is 4.39 Å². The predicted octanol–water partition coefficient (Wildman–Crippen LogP) is 4.04. The van der Waals surface area contributed by atoms with E-state index in [1.54, 1.807) is 37.4 Å². The Bertz CT molecular complexity index is 675. The summed E-state index contributed by atoms with van der Waals surface area (Å²) in [7, 11) is 1.56. The van der Waals surface area contributed by atoms with Crippen molar-refractivity contribution in [2.24, 2.45) is 0 Å². The van der Waals surface area contributed by atoms with Crippen LogP contribution in [0.2, 0.25) is 5.02 Å². The Morgan fingerprint density at radius 2 is 2.10 bits per heavy atom. The quantitative estimate of drug-likeness (QED) is 0.910. The van der Waals surface area contributed by atoms with Crippen molar-refractivity contribution in [3.63, 3.8) is 0 Å². The fourth-order valence-corrected chi connectivity index (χ4v) is 2.69. The minimum absolute atomic E-state index is 0.0473. The first-order chi connectivity index (χ1) is 10.1. The van der Waals surface area contributed by atoms with Gasteiger partial charge in [-0.3, -0.25) is 0 Å². The van der Waals surface area contributed by atoms with Crippen LogP contribution < -0.4 is 9.47 Å². The maximum Gasteiger partial charge on any atom is 0.148 e. The third kappa shape index (κ3) is 2.57. The summed E-state index contributed by atoms with van der Waals surface area (Å²) in [6.45, 7) is 0. The predicted molar refractivity (Wildman–Crippen MR) is 77.3 cm³/mol. The minimum Gasteiger partial charge on any atom is -0.497 e. The van der Waals surface area contributed by atoms with Gasteiger partial charge in [0.15, 0.2) is 0 Å². The monoisotopic (exact) mass is 308 g/mol. The van der Waals surface area contributed by atoms with Crippen molar-refractivity contribution in [2.45, 2.75) is 18.6 Å². The zero-order valence-corrected chi connectivity index (χ0v) is 12.1. The number of benzene rings is 2. The maximum absolute atomic E-state index is 14.1. The number of fused-ring (bicyclic) bond motifs is 1. The Morgan fingerprint density at radius 3 is 2.86 bits per heavy atom. The van der Waals surface area contributed by atoms with E-state index < -0.39 is 18.0 Å². The van der Waals surface area contributed by atoms with E-state index in [0.717, 1.165) is 0 Å². The number of rotatable bonds is 2. The van der Waals surface area contributed by atoms with Crippen molar-refractivity contribution < 1.29 is 19.0 Å². The number of hydrogen-bond acceptors (Lipinski definition) is 3. The van der Waals surface area contributed by atoms with Gasteiger partial charge in [0.25, 0.3) is 0 Å². The molecule has 21 heavy (non-hydrogen) atoms. The molecule has 0 saturated heterocycles. The molecule has 1 aliphatic rings. The molecule has 1 aliphatic heterocycles. The molecule has 0 aromatic heterocycles. The lowest BCUT2D eigenvalue weighted by molar-refractivity contribution is 0.0637. The van der Waals surface area contributed by atoms with Crippen molar-refractivity contribution in [2.75, 3.05) is 7.11 Å². The molecule has 0 radical (unpaired) electrons. The van der Waals surface area contributed by atoms with Crippen molar-refractivity contribution in [1.82, 2.24) is 0 Å². The van der Waals surface area contributed by atoms with Gasteiger partial charge in [0.1, 0.15) is 23.4 Å². The van der Waals surface area contributed by atoms with Gasteiger partial charge in [0.2, 0.25) is 0 Å². The average molecular weight is 309 g/mol. The van der Waals surface area contributed by atoms with E-state index in [1.165, 1.54) is 6.07 Å². The fourth-order valence-electron chi connectivity index (χ4n) is 2.51. The lowest BCUT2D eigenvalue weighted by atomic mass is 9.94. The van der Waals surface area contributed by atoms with Gasteiger partial charge in [-0.15, -0.1) is 0 Å². The Hall–Kier alpha value is -1.78. The standard InChI is InChI=1S/C16H14ClFO3/c1-20-9-5-6-14-11(7-9)13(19)8-15(21-14)10-3-2-4-12(17)16(10)18/h2-7,13,15,19H,8H2,1H3. The molecule has 0 saturated carbocycles. The topological polar surface area (TPSA) is 38.7 Å². The maximum atomic E-state index is 14.1. The lowest BCUT2D eigenvalue weighted by Gasteiger charge is -2.30. The second-order valence-corrected chi connectivity index (χ2v) is 5.31. The molecule has 2 unspecified atom stereocenters. The number of ether oxygens (including phenoxy) is 2. The van der Waals surface area contributed by atoms with Crippen molar-refractivity contribution >= 4 is 11.6 Å². The van der Waals surface area contributed by atoms with Gasteiger partial charge >= 0.3 is 0 Å². The molecule has 2 atom stereocenters. The van der Waals surface area contributed by atoms with Crippen LogP contribution in [-0.4, -0.2) is 12.2 Å². The zero-order valence-electron chi connectivity index (χ0n) is 11.3. The zero-order chi connectivity index (χ0) is 15.0. The molecule has 1 N–H and O–H groups in total. The Morgan fingerprint density at radius 1 is 1.29 bits per heavy atom. The van der Waals surface area contributed by atoms with Crippen LogP contribution in [0.5, 0.6) is 11.5 Å². The van der Waals surface area contributed by atoms with E-state index in [9.17, 15) is 9.50 Å². The molecule has 3 rings (SSSR count). The molecule has 2 aromatic carbocycles. The lowest BCUT2D eigenvalue weighted by Crippen LogP contribution is -2.20. The van der Waals surface area contributed by atoms with E-state index in [4.69, 9.17) is 21.1 Å². The number of aliphatic hydroxyl groups excluding tert-OH is 1. The first-order valence-corrected chi connectivity index (χ1v) is 6.94. The van der Waals surface area contributed by atoms with Crippen LogP contribution in [0.1, 0.15) is 29.8 Å². The molecule has 3 nitrogen and oxygen atoms in total. The first-order valence-electron chi connectivity index (χ1n) is 6.56. The highest BCUT2D eigenvalue weighted by Gasteiger charge is 2.30. The summed E-state index contributed by atoms with van der Waals surface area (Å²) >= 11 is 5.80. The molecule has 0 amide bonds. The molecule has 0 fully saturated rings. The van der Waals surface area contributed by atoms with Crippen LogP contribution in [-0.2, 0) is 0 Å². The van der Waals surface area contributed by atoms with Crippen molar-refractivity contribution in [3.05, 3.63) is 58.4 Å². The second kappa shape index (κ2) is 5.54. The number of aliphatic hydroxyl groups is 1. The van der Waals surface area contributed by atoms with Crippen LogP contribution in [0.25, 0.3) is 0 Å². The molecule has 110 valence electrons. The Balaban J connectivity index is 1.97. The van der Waals surface area contributed by atoms with E-state index in [2.05, 4.69) is 0 Å². The summed E-state index contributed by atoms with van der Waals surface area (Å²) in [5, 5.41) is 10.3. The van der Waals surface area contributed by atoms with E-state index >= 15 is 0 Å². The highest BCUT2D eigenvalue weighted by atomic mass is 35.5. The number of halogens is 2. The van der Waals surface area contributed by atoms with Crippen LogP contribution >= 0.6 is 11.6 Å². The first kappa shape index (κ1) is 14.2. The van der Waals surface area contributed by atoms with Crippen LogP contribution in [0.4, 0.5) is 4.39 Å². The van der Waals surface area contributed by atoms with Gasteiger partial charge in [-0.05, 0) is 24.3 Å². The second-order valence-electron chi connectivity index (χ2n) is 4.90. The summed E-state index contributed by atoms with van der Waals surface area (Å²) in [6, 6.07) is 9.95. The molecule has 0 spiro atoms. The van der Waals surface area contributed by atoms with Crippen molar-refractivity contribution in [3.8, 4) is 11.5 Å². The molecule has 5 heteroatoms. The van der Waals surface area contributed by atoms with E-state index in [-0.39, 0.29) is 11.4 Å². The normalized spacial score (nSPS) is 20.6. The third-order valence-electron chi connectivity index (χ3n) is 3.61. The third-order valence-corrected chi connectivity index (χ3v) is 3.90. The van der Waals surface area contributed by atoms with Crippen LogP contribution in [0.15, 0.2) is 36.4 Å². The number of hydrogen-bond donors (Lipinski definition) is 1. The van der Waals surface area contributed by atoms with Crippen LogP contribution in [0, 0.1) is 5.82 Å². The fraction of sp³-hybridized carbons (Fsp3) is 0.250. The molecule has 2 aromatic rings. The summed E-state index contributed by atoms with van der Waals surface area (Å²) in [6.07, 6.45) is -1.05. The Labute approximate surface area is 126 Å². The van der Waals surface area contributed by atoms with Gasteiger partial charge in [0.05, 0.1) is 18.2 Å². The molecular formula is C16H14ClFO3. The highest BCUT2D eigenvalue weighted by Crippen LogP contribution is 2.43. The summed E-state index contributed by atoms with van der Waals surface area (Å²) < 4.78 is 25.0. The highest BCUT2D eigenvalue weighted by molar-refractivity contribution is 6.30. The smallest absolute Gasteiger partial charge is 0.148 e. The Kier molecular flexibility index (Phi) is 3.74. The van der Waals surface area contributed by atoms with Gasteiger partial charge in [0, 0.05) is 17.5 Å². The van der Waals surface area contributed by atoms with Gasteiger partial charge in [-0.1, -0.05) is 23.7 Å². The summed E-state index contributed by atoms with van der Waals surface area (Å²) in [5.41, 5.74) is 0.996. The van der Waals surface area contributed by atoms with Crippen LogP contribution in [0.3, 0.4) is 0 Å².